The molecule has 3 aliphatic rings. The number of hydrogen-bond donors (Lipinski definition) is 3. The second-order valence-corrected chi connectivity index (χ2v) is 11.1. The molecular formula is C29H41ClN4O2. The molecule has 1 aromatic carbocycles. The molecule has 0 unspecified atom stereocenters. The number of nitrogens with zero attached hydrogens (tertiary/aromatic N) is 1. The van der Waals surface area contributed by atoms with Gasteiger partial charge in [-0.1, -0.05) is 23.7 Å². The van der Waals surface area contributed by atoms with E-state index in [0.717, 1.165) is 74.9 Å². The predicted octanol–water partition coefficient (Wildman–Crippen LogP) is 5.98. The predicted molar refractivity (Wildman–Crippen MR) is 148 cm³/mol. The van der Waals surface area contributed by atoms with Crippen molar-refractivity contribution in [2.24, 2.45) is 11.8 Å². The number of aromatic nitrogens is 1. The topological polar surface area (TPSA) is 67.4 Å². The standard InChI is InChI=1S/C29H41ClN4O2/c30-28-20-34-29(33-18-21-6-8-24(9-7-21)32-19-26-5-2-12-36-26)16-27(28)23-3-1-4-25(15-23)31-17-22-10-13-35-14-11-22/h1,3-4,15-16,20-22,24,26,31-32H,2,5-14,17-19H2,(H,33,34)/t21?,24?,26-/m1/s1. The van der Waals surface area contributed by atoms with Crippen molar-refractivity contribution in [3.05, 3.63) is 41.6 Å². The van der Waals surface area contributed by atoms with Gasteiger partial charge < -0.3 is 25.4 Å². The lowest BCUT2D eigenvalue weighted by Gasteiger charge is -2.30. The highest BCUT2D eigenvalue weighted by atomic mass is 35.5. The number of ether oxygens (including phenoxy) is 2. The zero-order valence-electron chi connectivity index (χ0n) is 21.3. The van der Waals surface area contributed by atoms with E-state index in [1.807, 2.05) is 0 Å². The lowest BCUT2D eigenvalue weighted by atomic mass is 9.86. The molecule has 2 aromatic rings. The maximum absolute atomic E-state index is 6.58. The van der Waals surface area contributed by atoms with Crippen molar-refractivity contribution < 1.29 is 9.47 Å². The molecule has 3 N–H and O–H groups in total. The fourth-order valence-electron chi connectivity index (χ4n) is 5.69. The molecule has 7 heteroatoms. The Morgan fingerprint density at radius 1 is 0.861 bits per heavy atom. The normalized spacial score (nSPS) is 25.1. The fourth-order valence-corrected chi connectivity index (χ4v) is 5.90. The van der Waals surface area contributed by atoms with Crippen LogP contribution in [0.1, 0.15) is 51.4 Å². The number of halogens is 1. The van der Waals surface area contributed by atoms with Gasteiger partial charge >= 0.3 is 0 Å². The average molecular weight is 513 g/mol. The summed E-state index contributed by atoms with van der Waals surface area (Å²) in [4.78, 5) is 4.56. The number of pyridine rings is 1. The van der Waals surface area contributed by atoms with Crippen LogP contribution in [0, 0.1) is 11.8 Å². The van der Waals surface area contributed by atoms with E-state index in [1.54, 1.807) is 6.20 Å². The molecule has 0 bridgehead atoms. The van der Waals surface area contributed by atoms with Gasteiger partial charge in [-0.05, 0) is 87.0 Å². The quantitative estimate of drug-likeness (QED) is 0.364. The number of rotatable bonds is 10. The van der Waals surface area contributed by atoms with E-state index in [0.29, 0.717) is 29.0 Å². The van der Waals surface area contributed by atoms with E-state index in [4.69, 9.17) is 21.1 Å². The summed E-state index contributed by atoms with van der Waals surface area (Å²) in [6.07, 6.45) is 11.9. The summed E-state index contributed by atoms with van der Waals surface area (Å²) in [6.45, 7) is 5.64. The minimum absolute atomic E-state index is 0.429. The fraction of sp³-hybridized carbons (Fsp3) is 0.621. The summed E-state index contributed by atoms with van der Waals surface area (Å²) in [5.74, 6) is 2.26. The van der Waals surface area contributed by atoms with E-state index >= 15 is 0 Å². The molecule has 0 amide bonds. The van der Waals surface area contributed by atoms with E-state index in [-0.39, 0.29) is 0 Å². The molecule has 5 rings (SSSR count). The van der Waals surface area contributed by atoms with Crippen molar-refractivity contribution in [1.82, 2.24) is 10.3 Å². The van der Waals surface area contributed by atoms with Crippen LogP contribution < -0.4 is 16.0 Å². The smallest absolute Gasteiger partial charge is 0.126 e. The molecule has 1 aromatic heterocycles. The largest absolute Gasteiger partial charge is 0.385 e. The van der Waals surface area contributed by atoms with Crippen molar-refractivity contribution in [1.29, 1.82) is 0 Å². The molecule has 1 atom stereocenters. The molecule has 0 spiro atoms. The summed E-state index contributed by atoms with van der Waals surface area (Å²) in [6, 6.07) is 11.3. The molecule has 36 heavy (non-hydrogen) atoms. The monoisotopic (exact) mass is 512 g/mol. The zero-order chi connectivity index (χ0) is 24.6. The molecule has 1 saturated carbocycles. The molecule has 2 saturated heterocycles. The Labute approximate surface area is 220 Å². The third kappa shape index (κ3) is 7.34. The van der Waals surface area contributed by atoms with Gasteiger partial charge in [0, 0.05) is 62.9 Å². The Kier molecular flexibility index (Phi) is 9.37. The van der Waals surface area contributed by atoms with Crippen molar-refractivity contribution in [3.63, 3.8) is 0 Å². The van der Waals surface area contributed by atoms with Crippen LogP contribution in [0.25, 0.3) is 11.1 Å². The van der Waals surface area contributed by atoms with E-state index in [1.165, 1.54) is 38.5 Å². The van der Waals surface area contributed by atoms with E-state index in [2.05, 4.69) is 51.3 Å². The summed E-state index contributed by atoms with van der Waals surface area (Å²) in [5, 5.41) is 11.6. The van der Waals surface area contributed by atoms with Crippen LogP contribution in [0.5, 0.6) is 0 Å². The van der Waals surface area contributed by atoms with Gasteiger partial charge in [0.05, 0.1) is 11.1 Å². The number of anilines is 2. The maximum atomic E-state index is 6.58. The lowest BCUT2D eigenvalue weighted by Crippen LogP contribution is -2.38. The Bertz CT molecular complexity index is 954. The van der Waals surface area contributed by atoms with Gasteiger partial charge in [0.1, 0.15) is 5.82 Å². The van der Waals surface area contributed by atoms with Crippen LogP contribution in [0.2, 0.25) is 5.02 Å². The summed E-state index contributed by atoms with van der Waals surface area (Å²) < 4.78 is 11.2. The highest BCUT2D eigenvalue weighted by Gasteiger charge is 2.23. The highest BCUT2D eigenvalue weighted by molar-refractivity contribution is 6.33. The Balaban J connectivity index is 1.11. The van der Waals surface area contributed by atoms with Crippen LogP contribution in [-0.4, -0.2) is 56.6 Å². The zero-order valence-corrected chi connectivity index (χ0v) is 22.1. The highest BCUT2D eigenvalue weighted by Crippen LogP contribution is 2.32. The van der Waals surface area contributed by atoms with Crippen LogP contribution >= 0.6 is 11.6 Å². The second-order valence-electron chi connectivity index (χ2n) is 10.7. The molecule has 3 heterocycles. The van der Waals surface area contributed by atoms with Gasteiger partial charge in [0.25, 0.3) is 0 Å². The lowest BCUT2D eigenvalue weighted by molar-refractivity contribution is 0.0699. The van der Waals surface area contributed by atoms with Crippen LogP contribution in [0.4, 0.5) is 11.5 Å². The first-order valence-electron chi connectivity index (χ1n) is 13.9. The molecule has 196 valence electrons. The summed E-state index contributed by atoms with van der Waals surface area (Å²) in [7, 11) is 0. The van der Waals surface area contributed by atoms with Gasteiger partial charge in [0.15, 0.2) is 0 Å². The number of nitrogens with one attached hydrogen (secondary N) is 3. The van der Waals surface area contributed by atoms with Crippen molar-refractivity contribution in [3.8, 4) is 11.1 Å². The minimum atomic E-state index is 0.429. The van der Waals surface area contributed by atoms with Gasteiger partial charge in [0.2, 0.25) is 0 Å². The van der Waals surface area contributed by atoms with E-state index < -0.39 is 0 Å². The molecular weight excluding hydrogens is 472 g/mol. The second kappa shape index (κ2) is 13.1. The van der Waals surface area contributed by atoms with Gasteiger partial charge in [-0.15, -0.1) is 0 Å². The van der Waals surface area contributed by atoms with Crippen LogP contribution in [0.15, 0.2) is 36.5 Å². The van der Waals surface area contributed by atoms with Crippen LogP contribution in [-0.2, 0) is 9.47 Å². The minimum Gasteiger partial charge on any atom is -0.385 e. The maximum Gasteiger partial charge on any atom is 0.126 e. The van der Waals surface area contributed by atoms with Crippen molar-refractivity contribution >= 4 is 23.1 Å². The van der Waals surface area contributed by atoms with Crippen LogP contribution in [0.3, 0.4) is 0 Å². The molecule has 6 nitrogen and oxygen atoms in total. The first-order valence-corrected chi connectivity index (χ1v) is 14.3. The average Bonchev–Trinajstić information content (AvgIpc) is 3.45. The van der Waals surface area contributed by atoms with Gasteiger partial charge in [-0.3, -0.25) is 0 Å². The van der Waals surface area contributed by atoms with Gasteiger partial charge in [-0.25, -0.2) is 4.98 Å². The molecule has 3 fully saturated rings. The van der Waals surface area contributed by atoms with Crippen molar-refractivity contribution in [2.45, 2.75) is 63.5 Å². The third-order valence-corrected chi connectivity index (χ3v) is 8.34. The Morgan fingerprint density at radius 3 is 2.47 bits per heavy atom. The summed E-state index contributed by atoms with van der Waals surface area (Å²) >= 11 is 6.58. The van der Waals surface area contributed by atoms with Gasteiger partial charge in [-0.2, -0.15) is 0 Å². The Hall–Kier alpha value is -1.86. The third-order valence-electron chi connectivity index (χ3n) is 8.04. The molecule has 2 aliphatic heterocycles. The molecule has 0 radical (unpaired) electrons. The molecule has 1 aliphatic carbocycles. The number of hydrogen-bond acceptors (Lipinski definition) is 6. The van der Waals surface area contributed by atoms with E-state index in [9.17, 15) is 0 Å². The SMILES string of the molecule is Clc1cnc(NCC2CCC(NC[C@H]3CCCO3)CC2)cc1-c1cccc(NCC2CCOCC2)c1. The first kappa shape index (κ1) is 25.8. The van der Waals surface area contributed by atoms with Crippen molar-refractivity contribution in [2.75, 3.05) is 50.1 Å². The Morgan fingerprint density at radius 2 is 1.67 bits per heavy atom. The first-order chi connectivity index (χ1) is 17.7. The number of benzene rings is 1. The summed E-state index contributed by atoms with van der Waals surface area (Å²) in [5.41, 5.74) is 3.26.